The molecule has 1 aliphatic rings. The van der Waals surface area contributed by atoms with Crippen molar-refractivity contribution in [3.63, 3.8) is 0 Å². The average Bonchev–Trinajstić information content (AvgIpc) is 2.72. The molecule has 70 valence electrons. The maximum Gasteiger partial charge on any atom is 0.173 e. The Morgan fingerprint density at radius 1 is 1.54 bits per heavy atom. The van der Waals surface area contributed by atoms with Crippen molar-refractivity contribution < 1.29 is 13.9 Å². The lowest BCUT2D eigenvalue weighted by Crippen LogP contribution is -2.33. The maximum atomic E-state index is 11.7. The number of nitrogens with two attached hydrogens (primary N) is 1. The zero-order chi connectivity index (χ0) is 9.26. The largest absolute Gasteiger partial charge is 0.472 e. The number of hydrogen-bond donors (Lipinski definition) is 1. The molecule has 0 aromatic carbocycles. The minimum absolute atomic E-state index is 0.0127. The molecule has 1 saturated heterocycles. The van der Waals surface area contributed by atoms with Crippen molar-refractivity contribution in [1.82, 2.24) is 0 Å². The van der Waals surface area contributed by atoms with Crippen molar-refractivity contribution in [2.24, 2.45) is 11.7 Å². The van der Waals surface area contributed by atoms with Gasteiger partial charge in [0.05, 0.1) is 31.0 Å². The van der Waals surface area contributed by atoms with E-state index in [1.165, 1.54) is 12.5 Å². The summed E-state index contributed by atoms with van der Waals surface area (Å²) in [6, 6.07) is 1.47. The molecule has 2 N–H and O–H groups in total. The van der Waals surface area contributed by atoms with Gasteiger partial charge in [-0.3, -0.25) is 4.79 Å². The molecule has 1 fully saturated rings. The standard InChI is InChI=1S/C9H11NO3/c10-8-5-13-4-7(8)9(11)6-1-2-12-3-6/h1-3,7-8H,4-5,10H2. The highest BCUT2D eigenvalue weighted by atomic mass is 16.5. The third-order valence-corrected chi connectivity index (χ3v) is 2.27. The molecule has 2 heterocycles. The van der Waals surface area contributed by atoms with Gasteiger partial charge in [-0.25, -0.2) is 0 Å². The molecule has 13 heavy (non-hydrogen) atoms. The van der Waals surface area contributed by atoms with Crippen LogP contribution in [0.5, 0.6) is 0 Å². The van der Waals surface area contributed by atoms with E-state index in [1.54, 1.807) is 6.07 Å². The smallest absolute Gasteiger partial charge is 0.173 e. The summed E-state index contributed by atoms with van der Waals surface area (Å²) in [5.74, 6) is -0.198. The van der Waals surface area contributed by atoms with Crippen LogP contribution in [0.4, 0.5) is 0 Å². The van der Waals surface area contributed by atoms with Crippen molar-refractivity contribution in [3.8, 4) is 0 Å². The quantitative estimate of drug-likeness (QED) is 0.672. The summed E-state index contributed by atoms with van der Waals surface area (Å²) in [7, 11) is 0. The molecule has 0 aliphatic carbocycles. The Balaban J connectivity index is 2.13. The van der Waals surface area contributed by atoms with Gasteiger partial charge in [-0.15, -0.1) is 0 Å². The molecule has 4 nitrogen and oxygen atoms in total. The fourth-order valence-electron chi connectivity index (χ4n) is 1.46. The van der Waals surface area contributed by atoms with Gasteiger partial charge in [0, 0.05) is 6.04 Å². The van der Waals surface area contributed by atoms with Crippen molar-refractivity contribution in [3.05, 3.63) is 24.2 Å². The third kappa shape index (κ3) is 1.50. The van der Waals surface area contributed by atoms with E-state index in [2.05, 4.69) is 0 Å². The van der Waals surface area contributed by atoms with E-state index in [0.717, 1.165) is 0 Å². The fourth-order valence-corrected chi connectivity index (χ4v) is 1.46. The van der Waals surface area contributed by atoms with Gasteiger partial charge < -0.3 is 14.9 Å². The monoisotopic (exact) mass is 181 g/mol. The molecular weight excluding hydrogens is 170 g/mol. The van der Waals surface area contributed by atoms with Crippen molar-refractivity contribution in [2.45, 2.75) is 6.04 Å². The Labute approximate surface area is 75.7 Å². The highest BCUT2D eigenvalue weighted by Gasteiger charge is 2.32. The Morgan fingerprint density at radius 3 is 2.92 bits per heavy atom. The topological polar surface area (TPSA) is 65.5 Å². The zero-order valence-electron chi connectivity index (χ0n) is 7.10. The van der Waals surface area contributed by atoms with Crippen LogP contribution in [-0.4, -0.2) is 25.0 Å². The predicted molar refractivity (Wildman–Crippen MR) is 45.3 cm³/mol. The van der Waals surface area contributed by atoms with E-state index in [0.29, 0.717) is 18.8 Å². The molecule has 0 bridgehead atoms. The van der Waals surface area contributed by atoms with Crippen LogP contribution in [0.2, 0.25) is 0 Å². The van der Waals surface area contributed by atoms with Gasteiger partial charge >= 0.3 is 0 Å². The molecule has 1 aliphatic heterocycles. The predicted octanol–water partition coefficient (Wildman–Crippen LogP) is 0.436. The molecule has 0 amide bonds. The minimum atomic E-state index is -0.211. The summed E-state index contributed by atoms with van der Waals surface area (Å²) in [6.07, 6.45) is 2.92. The van der Waals surface area contributed by atoms with Crippen LogP contribution < -0.4 is 5.73 Å². The van der Waals surface area contributed by atoms with E-state index in [4.69, 9.17) is 14.9 Å². The number of ether oxygens (including phenoxy) is 1. The van der Waals surface area contributed by atoms with Crippen LogP contribution in [-0.2, 0) is 4.74 Å². The first kappa shape index (κ1) is 8.47. The normalized spacial score (nSPS) is 27.8. The van der Waals surface area contributed by atoms with Gasteiger partial charge in [0.15, 0.2) is 5.78 Å². The first-order valence-electron chi connectivity index (χ1n) is 4.19. The lowest BCUT2D eigenvalue weighted by atomic mass is 9.95. The van der Waals surface area contributed by atoms with Crippen LogP contribution in [0, 0.1) is 5.92 Å². The molecule has 1 aromatic rings. The molecule has 2 atom stereocenters. The summed E-state index contributed by atoms with van der Waals surface area (Å²) in [4.78, 5) is 11.7. The van der Waals surface area contributed by atoms with Gasteiger partial charge in [0.2, 0.25) is 0 Å². The number of Topliss-reactive ketones (excluding diaryl/α,β-unsaturated/α-hetero) is 1. The average molecular weight is 181 g/mol. The lowest BCUT2D eigenvalue weighted by molar-refractivity contribution is 0.0895. The molecule has 0 radical (unpaired) electrons. The summed E-state index contributed by atoms with van der Waals surface area (Å²) < 4.78 is 9.94. The van der Waals surface area contributed by atoms with Crippen LogP contribution in [0.25, 0.3) is 0 Å². The number of hydrogen-bond acceptors (Lipinski definition) is 4. The molecule has 2 unspecified atom stereocenters. The van der Waals surface area contributed by atoms with E-state index in [1.807, 2.05) is 0 Å². The SMILES string of the molecule is NC1COCC1C(=O)c1ccoc1. The Morgan fingerprint density at radius 2 is 2.38 bits per heavy atom. The Bertz CT molecular complexity index is 294. The molecule has 0 saturated carbocycles. The summed E-state index contributed by atoms with van der Waals surface area (Å²) >= 11 is 0. The molecule has 4 heteroatoms. The van der Waals surface area contributed by atoms with E-state index in [-0.39, 0.29) is 17.7 Å². The van der Waals surface area contributed by atoms with Gasteiger partial charge in [-0.1, -0.05) is 0 Å². The van der Waals surface area contributed by atoms with Gasteiger partial charge in [0.25, 0.3) is 0 Å². The highest BCUT2D eigenvalue weighted by molar-refractivity contribution is 5.98. The Kier molecular flexibility index (Phi) is 2.16. The fraction of sp³-hybridized carbons (Fsp3) is 0.444. The number of rotatable bonds is 2. The number of furan rings is 1. The summed E-state index contributed by atoms with van der Waals surface area (Å²) in [6.45, 7) is 0.888. The zero-order valence-corrected chi connectivity index (χ0v) is 7.10. The van der Waals surface area contributed by atoms with E-state index < -0.39 is 0 Å². The first-order chi connectivity index (χ1) is 6.29. The van der Waals surface area contributed by atoms with Gasteiger partial charge in [-0.05, 0) is 6.07 Å². The minimum Gasteiger partial charge on any atom is -0.472 e. The van der Waals surface area contributed by atoms with Crippen molar-refractivity contribution >= 4 is 5.78 Å². The summed E-state index contributed by atoms with van der Waals surface area (Å²) in [5.41, 5.74) is 6.28. The second-order valence-electron chi connectivity index (χ2n) is 3.18. The molecular formula is C9H11NO3. The van der Waals surface area contributed by atoms with Crippen LogP contribution in [0.1, 0.15) is 10.4 Å². The molecule has 0 spiro atoms. The second-order valence-corrected chi connectivity index (χ2v) is 3.18. The molecule has 2 rings (SSSR count). The van der Waals surface area contributed by atoms with Crippen LogP contribution in [0.15, 0.2) is 23.0 Å². The van der Waals surface area contributed by atoms with Gasteiger partial charge in [-0.2, -0.15) is 0 Å². The van der Waals surface area contributed by atoms with E-state index in [9.17, 15) is 4.79 Å². The van der Waals surface area contributed by atoms with Crippen LogP contribution in [0.3, 0.4) is 0 Å². The number of carbonyl (C=O) groups excluding carboxylic acids is 1. The lowest BCUT2D eigenvalue weighted by Gasteiger charge is -2.09. The van der Waals surface area contributed by atoms with Gasteiger partial charge in [0.1, 0.15) is 6.26 Å². The number of ketones is 1. The second kappa shape index (κ2) is 3.32. The third-order valence-electron chi connectivity index (χ3n) is 2.27. The van der Waals surface area contributed by atoms with Crippen molar-refractivity contribution in [1.29, 1.82) is 0 Å². The first-order valence-corrected chi connectivity index (χ1v) is 4.19. The summed E-state index contributed by atoms with van der Waals surface area (Å²) in [5, 5.41) is 0. The highest BCUT2D eigenvalue weighted by Crippen LogP contribution is 2.17. The molecule has 1 aromatic heterocycles. The van der Waals surface area contributed by atoms with Crippen molar-refractivity contribution in [2.75, 3.05) is 13.2 Å². The number of carbonyl (C=O) groups is 1. The Hall–Kier alpha value is -1.13. The van der Waals surface area contributed by atoms with E-state index >= 15 is 0 Å². The van der Waals surface area contributed by atoms with Crippen LogP contribution >= 0.6 is 0 Å². The maximum absolute atomic E-state index is 11.7.